The molecule has 0 N–H and O–H groups in total. The van der Waals surface area contributed by atoms with Crippen LogP contribution in [0.15, 0.2) is 18.5 Å². The van der Waals surface area contributed by atoms with Crippen LogP contribution < -0.4 is 4.90 Å². The number of halogens is 3. The van der Waals surface area contributed by atoms with E-state index in [9.17, 15) is 13.2 Å². The highest BCUT2D eigenvalue weighted by molar-refractivity contribution is 5.46. The van der Waals surface area contributed by atoms with Gasteiger partial charge in [-0.3, -0.25) is 4.98 Å². The summed E-state index contributed by atoms with van der Waals surface area (Å²) in [6.07, 6.45) is -0.691. The average Bonchev–Trinajstić information content (AvgIpc) is 2.28. The Bertz CT molecular complexity index is 395. The van der Waals surface area contributed by atoms with E-state index in [-0.39, 0.29) is 6.40 Å². The molecule has 1 saturated heterocycles. The second-order valence-corrected chi connectivity index (χ2v) is 3.81. The summed E-state index contributed by atoms with van der Waals surface area (Å²) in [5, 5.41) is 0. The number of anilines is 1. The topological polar surface area (TPSA) is 16.1 Å². The van der Waals surface area contributed by atoms with Crippen LogP contribution in [0, 0.1) is 0 Å². The van der Waals surface area contributed by atoms with E-state index in [2.05, 4.69) is 4.98 Å². The molecule has 1 aromatic rings. The van der Waals surface area contributed by atoms with Crippen LogP contribution in [-0.2, 0) is 6.18 Å². The van der Waals surface area contributed by atoms with Crippen molar-refractivity contribution in [2.24, 2.45) is 0 Å². The molecule has 88 valence electrons. The Morgan fingerprint density at radius 3 is 2.75 bits per heavy atom. The SMILES string of the molecule is [2H][C@H]1CCCN(c2cncc(C(F)(F)F)c2)C1. The molecule has 0 amide bonds. The molecule has 0 radical (unpaired) electrons. The van der Waals surface area contributed by atoms with Gasteiger partial charge in [0.2, 0.25) is 0 Å². The van der Waals surface area contributed by atoms with Crippen LogP contribution in [0.2, 0.25) is 0 Å². The number of rotatable bonds is 1. The normalized spacial score (nSPS) is 23.1. The molecule has 2 nitrogen and oxygen atoms in total. The molecule has 1 aliphatic heterocycles. The molecule has 0 bridgehead atoms. The zero-order chi connectivity index (χ0) is 12.5. The highest BCUT2D eigenvalue weighted by Crippen LogP contribution is 2.31. The number of alkyl halides is 3. The summed E-state index contributed by atoms with van der Waals surface area (Å²) in [6.45, 7) is 1.17. The smallest absolute Gasteiger partial charge is 0.370 e. The number of pyridine rings is 1. The second kappa shape index (κ2) is 4.31. The highest BCUT2D eigenvalue weighted by atomic mass is 19.4. The summed E-state index contributed by atoms with van der Waals surface area (Å²) in [5.74, 6) is 0. The third kappa shape index (κ3) is 2.46. The molecule has 0 unspecified atom stereocenters. The molecule has 5 heteroatoms. The van der Waals surface area contributed by atoms with E-state index in [0.717, 1.165) is 25.1 Å². The van der Waals surface area contributed by atoms with Crippen LogP contribution in [0.1, 0.15) is 26.2 Å². The largest absolute Gasteiger partial charge is 0.417 e. The molecule has 2 rings (SSSR count). The Kier molecular flexibility index (Phi) is 2.68. The lowest BCUT2D eigenvalue weighted by Gasteiger charge is -2.28. The van der Waals surface area contributed by atoms with Crippen LogP contribution in [0.3, 0.4) is 0 Å². The zero-order valence-electron chi connectivity index (χ0n) is 9.67. The van der Waals surface area contributed by atoms with E-state index in [1.54, 1.807) is 4.90 Å². The third-order valence-electron chi connectivity index (χ3n) is 2.60. The Hall–Kier alpha value is -1.26. The standard InChI is InChI=1S/C11H13F3N2/c12-11(13,14)9-6-10(8-15-7-9)16-4-2-1-3-5-16/h6-8H,1-5H2/i2D/t2-/m0/s1. The number of aromatic nitrogens is 1. The van der Waals surface area contributed by atoms with Crippen LogP contribution in [0.5, 0.6) is 0 Å². The maximum Gasteiger partial charge on any atom is 0.417 e. The fourth-order valence-electron chi connectivity index (χ4n) is 1.76. The number of hydrogen-bond acceptors (Lipinski definition) is 2. The van der Waals surface area contributed by atoms with Crippen molar-refractivity contribution in [3.8, 4) is 0 Å². The first-order chi connectivity index (χ1) is 7.97. The van der Waals surface area contributed by atoms with Gasteiger partial charge in [0.05, 0.1) is 17.4 Å². The van der Waals surface area contributed by atoms with Crippen LogP contribution in [0.25, 0.3) is 0 Å². The maximum atomic E-state index is 12.5. The molecule has 16 heavy (non-hydrogen) atoms. The van der Waals surface area contributed by atoms with Gasteiger partial charge in [0.1, 0.15) is 0 Å². The number of nitrogens with zero attached hydrogens (tertiary/aromatic N) is 2. The molecule has 1 aromatic heterocycles. The predicted molar refractivity (Wildman–Crippen MR) is 55.3 cm³/mol. The lowest BCUT2D eigenvalue weighted by Crippen LogP contribution is -2.29. The lowest BCUT2D eigenvalue weighted by molar-refractivity contribution is -0.137. The minimum atomic E-state index is -4.36. The molecular weight excluding hydrogens is 217 g/mol. The van der Waals surface area contributed by atoms with Gasteiger partial charge in [-0.05, 0) is 25.3 Å². The summed E-state index contributed by atoms with van der Waals surface area (Å²) in [4.78, 5) is 5.42. The highest BCUT2D eigenvalue weighted by Gasteiger charge is 2.31. The molecule has 0 aliphatic carbocycles. The van der Waals surface area contributed by atoms with Gasteiger partial charge >= 0.3 is 6.18 Å². The van der Waals surface area contributed by atoms with Crippen molar-refractivity contribution in [3.05, 3.63) is 24.0 Å². The fourth-order valence-corrected chi connectivity index (χ4v) is 1.76. The summed E-state index contributed by atoms with van der Waals surface area (Å²) in [7, 11) is 0. The lowest BCUT2D eigenvalue weighted by atomic mass is 10.1. The van der Waals surface area contributed by atoms with Crippen molar-refractivity contribution in [1.29, 1.82) is 0 Å². The molecule has 2 heterocycles. The monoisotopic (exact) mass is 231 g/mol. The Labute approximate surface area is 93.5 Å². The molecule has 1 aliphatic rings. The quantitative estimate of drug-likeness (QED) is 0.738. The summed E-state index contributed by atoms with van der Waals surface area (Å²) in [5.41, 5.74) is -0.279. The van der Waals surface area contributed by atoms with Crippen LogP contribution >= 0.6 is 0 Å². The van der Waals surface area contributed by atoms with E-state index in [1.807, 2.05) is 0 Å². The van der Waals surface area contributed by atoms with Crippen molar-refractivity contribution in [2.75, 3.05) is 18.0 Å². The first-order valence-corrected chi connectivity index (χ1v) is 5.16. The minimum absolute atomic E-state index is 0.224. The van der Waals surface area contributed by atoms with E-state index in [0.29, 0.717) is 18.8 Å². The minimum Gasteiger partial charge on any atom is -0.370 e. The molecule has 0 aromatic carbocycles. The fraction of sp³-hybridized carbons (Fsp3) is 0.545. The molecule has 0 spiro atoms. The van der Waals surface area contributed by atoms with Gasteiger partial charge in [-0.1, -0.05) is 0 Å². The first-order valence-electron chi connectivity index (χ1n) is 5.74. The predicted octanol–water partition coefficient (Wildman–Crippen LogP) is 3.09. The average molecular weight is 231 g/mol. The Morgan fingerprint density at radius 1 is 1.25 bits per heavy atom. The van der Waals surface area contributed by atoms with E-state index in [1.165, 1.54) is 6.20 Å². The summed E-state index contributed by atoms with van der Waals surface area (Å²) in [6, 6.07) is 1.10. The van der Waals surface area contributed by atoms with Gasteiger partial charge in [0.25, 0.3) is 0 Å². The van der Waals surface area contributed by atoms with Crippen molar-refractivity contribution in [2.45, 2.75) is 25.4 Å². The van der Waals surface area contributed by atoms with Gasteiger partial charge in [0.15, 0.2) is 0 Å². The van der Waals surface area contributed by atoms with E-state index in [4.69, 9.17) is 1.37 Å². The first kappa shape index (κ1) is 9.93. The summed E-state index contributed by atoms with van der Waals surface area (Å²) < 4.78 is 45.2. The van der Waals surface area contributed by atoms with Gasteiger partial charge < -0.3 is 4.90 Å². The molecule has 1 atom stereocenters. The Morgan fingerprint density at radius 2 is 2.06 bits per heavy atom. The van der Waals surface area contributed by atoms with Gasteiger partial charge in [-0.25, -0.2) is 0 Å². The molecule has 0 saturated carbocycles. The van der Waals surface area contributed by atoms with Crippen LogP contribution in [-0.4, -0.2) is 18.1 Å². The number of piperidine rings is 1. The number of hydrogen-bond donors (Lipinski definition) is 0. The van der Waals surface area contributed by atoms with Gasteiger partial charge in [0, 0.05) is 20.7 Å². The molecular formula is C11H13F3N2. The third-order valence-corrected chi connectivity index (χ3v) is 2.60. The van der Waals surface area contributed by atoms with E-state index < -0.39 is 11.7 Å². The van der Waals surface area contributed by atoms with Gasteiger partial charge in [-0.15, -0.1) is 0 Å². The van der Waals surface area contributed by atoms with Crippen molar-refractivity contribution in [3.63, 3.8) is 0 Å². The summed E-state index contributed by atoms with van der Waals surface area (Å²) >= 11 is 0. The molecule has 1 fully saturated rings. The second-order valence-electron chi connectivity index (χ2n) is 3.81. The van der Waals surface area contributed by atoms with Crippen LogP contribution in [0.4, 0.5) is 18.9 Å². The van der Waals surface area contributed by atoms with Gasteiger partial charge in [-0.2, -0.15) is 13.2 Å². The van der Waals surface area contributed by atoms with Crippen molar-refractivity contribution in [1.82, 2.24) is 4.98 Å². The Balaban J connectivity index is 2.21. The maximum absolute atomic E-state index is 12.5. The van der Waals surface area contributed by atoms with Crippen molar-refractivity contribution < 1.29 is 14.5 Å². The zero-order valence-corrected chi connectivity index (χ0v) is 8.67. The van der Waals surface area contributed by atoms with Crippen molar-refractivity contribution >= 4 is 5.69 Å². The van der Waals surface area contributed by atoms with E-state index >= 15 is 0 Å².